The van der Waals surface area contributed by atoms with Crippen LogP contribution in [0.5, 0.6) is 0 Å². The Hall–Kier alpha value is -3.39. The van der Waals surface area contributed by atoms with Gasteiger partial charge in [-0.2, -0.15) is 15.0 Å². The van der Waals surface area contributed by atoms with Gasteiger partial charge >= 0.3 is 0 Å². The summed E-state index contributed by atoms with van der Waals surface area (Å²) in [7, 11) is 0. The number of anilines is 2. The van der Waals surface area contributed by atoms with E-state index in [4.69, 9.17) is 10.2 Å². The van der Waals surface area contributed by atoms with E-state index < -0.39 is 0 Å². The van der Waals surface area contributed by atoms with Crippen LogP contribution in [0.25, 0.3) is 42.4 Å². The standard InChI is InChI=1S/C58H78N4S3/c1-9-13-16-19-21-24-27-41(26-23-18-15-11-3)40-62-59-55-43(29-30-44(56(55)60-62)51-34-35-54(65-51)57(5,6)12-4)50-33-32-49(63-50)42-28-31-47-52(37-42)64-53-39-46-45(58(46,7)8)38-48(53)61(47)36-25-22-20-17-14-10-2/h28-35,37-39,41H,9-27,36,40H2,1-8H3. The molecule has 348 valence electrons. The average Bonchev–Trinajstić information content (AvgIpc) is 3.92. The van der Waals surface area contributed by atoms with Crippen LogP contribution in [-0.4, -0.2) is 21.5 Å². The molecule has 4 heterocycles. The number of unbranched alkanes of at least 4 members (excludes halogenated alkanes) is 13. The molecule has 3 aromatic heterocycles. The first-order valence-corrected chi connectivity index (χ1v) is 28.4. The first-order chi connectivity index (χ1) is 31.6. The van der Waals surface area contributed by atoms with Gasteiger partial charge in [-0.1, -0.05) is 182 Å². The van der Waals surface area contributed by atoms with E-state index in [2.05, 4.69) is 132 Å². The summed E-state index contributed by atoms with van der Waals surface area (Å²) in [6.45, 7) is 20.7. The Labute approximate surface area is 405 Å². The highest BCUT2D eigenvalue weighted by Crippen LogP contribution is 2.58. The summed E-state index contributed by atoms with van der Waals surface area (Å²) in [5.74, 6) is 0.604. The maximum Gasteiger partial charge on any atom is 0.122 e. The number of hydrogen-bond acceptors (Lipinski definition) is 6. The highest BCUT2D eigenvalue weighted by molar-refractivity contribution is 7.99. The molecule has 7 heteroatoms. The molecule has 0 saturated carbocycles. The first-order valence-electron chi connectivity index (χ1n) is 25.9. The predicted molar refractivity (Wildman–Crippen MR) is 286 cm³/mol. The fraction of sp³-hybridized carbons (Fsp3) is 0.552. The van der Waals surface area contributed by atoms with Crippen molar-refractivity contribution < 1.29 is 0 Å². The van der Waals surface area contributed by atoms with E-state index in [0.717, 1.165) is 30.5 Å². The number of nitrogens with zero attached hydrogens (tertiary/aromatic N) is 4. The smallest absolute Gasteiger partial charge is 0.122 e. The monoisotopic (exact) mass is 927 g/mol. The minimum Gasteiger partial charge on any atom is -0.340 e. The molecular weight excluding hydrogens is 849 g/mol. The Balaban J connectivity index is 1.09. The highest BCUT2D eigenvalue weighted by atomic mass is 32.2. The molecule has 1 aliphatic heterocycles. The molecule has 1 atom stereocenters. The number of rotatable bonds is 26. The van der Waals surface area contributed by atoms with Gasteiger partial charge in [0.2, 0.25) is 0 Å². The molecule has 0 N–H and O–H groups in total. The van der Waals surface area contributed by atoms with E-state index in [-0.39, 0.29) is 10.8 Å². The summed E-state index contributed by atoms with van der Waals surface area (Å²) in [5.41, 5.74) is 12.0. The van der Waals surface area contributed by atoms with Crippen molar-refractivity contribution >= 4 is 56.8 Å². The van der Waals surface area contributed by atoms with E-state index in [1.807, 2.05) is 34.4 Å². The molecule has 6 aromatic rings. The maximum atomic E-state index is 5.44. The maximum absolute atomic E-state index is 5.44. The zero-order chi connectivity index (χ0) is 45.6. The van der Waals surface area contributed by atoms with Gasteiger partial charge < -0.3 is 4.90 Å². The lowest BCUT2D eigenvalue weighted by Crippen LogP contribution is -2.22. The molecular formula is C58H78N4S3. The van der Waals surface area contributed by atoms with Gasteiger partial charge in [-0.15, -0.1) is 22.7 Å². The fourth-order valence-electron chi connectivity index (χ4n) is 10.1. The Morgan fingerprint density at radius 3 is 1.78 bits per heavy atom. The van der Waals surface area contributed by atoms with Crippen molar-refractivity contribution in [3.8, 4) is 31.3 Å². The molecule has 4 nitrogen and oxygen atoms in total. The molecule has 8 rings (SSSR count). The largest absolute Gasteiger partial charge is 0.340 e. The second kappa shape index (κ2) is 21.7. The van der Waals surface area contributed by atoms with Crippen LogP contribution in [-0.2, 0) is 17.4 Å². The summed E-state index contributed by atoms with van der Waals surface area (Å²) >= 11 is 5.80. The van der Waals surface area contributed by atoms with E-state index in [0.29, 0.717) is 5.92 Å². The second-order valence-corrected chi connectivity index (χ2v) is 23.9. The van der Waals surface area contributed by atoms with E-state index >= 15 is 0 Å². The van der Waals surface area contributed by atoms with Crippen molar-refractivity contribution in [1.29, 1.82) is 0 Å². The van der Waals surface area contributed by atoms with Crippen LogP contribution in [0.4, 0.5) is 11.4 Å². The van der Waals surface area contributed by atoms with Crippen molar-refractivity contribution in [2.24, 2.45) is 5.92 Å². The number of hydrogen-bond donors (Lipinski definition) is 0. The molecule has 2 aliphatic rings. The molecule has 0 radical (unpaired) electrons. The third-order valence-electron chi connectivity index (χ3n) is 14.9. The van der Waals surface area contributed by atoms with Crippen LogP contribution in [0, 0.1) is 5.92 Å². The van der Waals surface area contributed by atoms with Gasteiger partial charge in [0.25, 0.3) is 0 Å². The predicted octanol–water partition coefficient (Wildman–Crippen LogP) is 19.2. The topological polar surface area (TPSA) is 34.0 Å². The normalized spacial score (nSPS) is 14.5. The third-order valence-corrected chi connectivity index (χ3v) is 18.6. The molecule has 3 aromatic carbocycles. The lowest BCUT2D eigenvalue weighted by molar-refractivity contribution is 0.327. The fourth-order valence-corrected chi connectivity index (χ4v) is 13.5. The van der Waals surface area contributed by atoms with Gasteiger partial charge in [0.15, 0.2) is 0 Å². The van der Waals surface area contributed by atoms with E-state index in [1.165, 1.54) is 184 Å². The Kier molecular flexibility index (Phi) is 16.1. The molecule has 1 unspecified atom stereocenters. The van der Waals surface area contributed by atoms with Crippen LogP contribution in [0.2, 0.25) is 0 Å². The van der Waals surface area contributed by atoms with Crippen molar-refractivity contribution in [3.05, 3.63) is 82.7 Å². The second-order valence-electron chi connectivity index (χ2n) is 20.6. The van der Waals surface area contributed by atoms with Crippen LogP contribution in [0.15, 0.2) is 76.5 Å². The van der Waals surface area contributed by atoms with Gasteiger partial charge in [0.1, 0.15) is 11.0 Å². The van der Waals surface area contributed by atoms with Crippen LogP contribution in [0.1, 0.15) is 193 Å². The molecule has 65 heavy (non-hydrogen) atoms. The van der Waals surface area contributed by atoms with Crippen molar-refractivity contribution in [3.63, 3.8) is 0 Å². The molecule has 0 spiro atoms. The zero-order valence-electron chi connectivity index (χ0n) is 41.3. The lowest BCUT2D eigenvalue weighted by atomic mass is 9.89. The highest BCUT2D eigenvalue weighted by Gasteiger charge is 2.43. The van der Waals surface area contributed by atoms with E-state index in [9.17, 15) is 0 Å². The summed E-state index contributed by atoms with van der Waals surface area (Å²) in [5, 5.41) is 10.9. The minimum atomic E-state index is 0.150. The van der Waals surface area contributed by atoms with Crippen molar-refractivity contribution in [1.82, 2.24) is 15.0 Å². The Morgan fingerprint density at radius 1 is 0.569 bits per heavy atom. The van der Waals surface area contributed by atoms with Gasteiger partial charge in [-0.25, -0.2) is 0 Å². The third kappa shape index (κ3) is 11.0. The SMILES string of the molecule is CCCCCCCCC(CCCCCC)Cn1nc2c(-c3ccc(-c4ccc5c(c4)Sc4cc6c(cc4N5CCCCCCCC)C6(C)C)s3)ccc(-c3ccc(C(C)(C)CC)s3)c2n1. The summed E-state index contributed by atoms with van der Waals surface area (Å²) in [4.78, 5) is 12.8. The van der Waals surface area contributed by atoms with Gasteiger partial charge in [-0.05, 0) is 102 Å². The van der Waals surface area contributed by atoms with E-state index in [1.54, 1.807) is 0 Å². The molecule has 1 aliphatic carbocycles. The summed E-state index contributed by atoms with van der Waals surface area (Å²) < 4.78 is 0. The Morgan fingerprint density at radius 2 is 1.12 bits per heavy atom. The number of thiophene rings is 2. The van der Waals surface area contributed by atoms with Gasteiger partial charge in [0, 0.05) is 52.4 Å². The molecule has 0 bridgehead atoms. The quantitative estimate of drug-likeness (QED) is 0.0508. The lowest BCUT2D eigenvalue weighted by Gasteiger charge is -2.33. The van der Waals surface area contributed by atoms with Crippen molar-refractivity contribution in [2.75, 3.05) is 11.4 Å². The van der Waals surface area contributed by atoms with Crippen LogP contribution >= 0.6 is 34.4 Å². The van der Waals surface area contributed by atoms with Crippen LogP contribution < -0.4 is 4.90 Å². The number of benzene rings is 3. The summed E-state index contributed by atoms with van der Waals surface area (Å²) in [6, 6.07) is 26.3. The van der Waals surface area contributed by atoms with Crippen LogP contribution in [0.3, 0.4) is 0 Å². The number of fused-ring (bicyclic) bond motifs is 4. The average molecular weight is 927 g/mol. The number of aromatic nitrogens is 3. The first kappa shape index (κ1) is 48.1. The minimum absolute atomic E-state index is 0.150. The molecule has 0 fully saturated rings. The van der Waals surface area contributed by atoms with Gasteiger partial charge in [-0.3, -0.25) is 0 Å². The summed E-state index contributed by atoms with van der Waals surface area (Å²) in [6.07, 6.45) is 24.8. The molecule has 0 amide bonds. The zero-order valence-corrected chi connectivity index (χ0v) is 43.7. The molecule has 0 saturated heterocycles. The van der Waals surface area contributed by atoms with Gasteiger partial charge in [0.05, 0.1) is 17.9 Å². The Bertz CT molecular complexity index is 2500. The van der Waals surface area contributed by atoms with Crippen molar-refractivity contribution in [2.45, 2.75) is 205 Å².